The van der Waals surface area contributed by atoms with Crippen LogP contribution in [0.3, 0.4) is 0 Å². The first kappa shape index (κ1) is 12.6. The second-order valence-electron chi connectivity index (χ2n) is 4.47. The zero-order valence-corrected chi connectivity index (χ0v) is 10.7. The number of fused-ring (bicyclic) bond motifs is 1. The van der Waals surface area contributed by atoms with Gasteiger partial charge in [0.2, 0.25) is 0 Å². The highest BCUT2D eigenvalue weighted by molar-refractivity contribution is 5.48. The lowest BCUT2D eigenvalue weighted by atomic mass is 10.3. The molecule has 18 heavy (non-hydrogen) atoms. The zero-order chi connectivity index (χ0) is 13.0. The van der Waals surface area contributed by atoms with Crippen molar-refractivity contribution in [3.05, 3.63) is 22.9 Å². The van der Waals surface area contributed by atoms with E-state index >= 15 is 0 Å². The number of anilines is 1. The largest absolute Gasteiger partial charge is 0.370 e. The van der Waals surface area contributed by atoms with Gasteiger partial charge in [-0.05, 0) is 33.5 Å². The molecule has 0 fully saturated rings. The molecule has 0 amide bonds. The average molecular weight is 250 g/mol. The molecule has 0 radical (unpaired) electrons. The molecule has 2 rings (SSSR count). The van der Waals surface area contributed by atoms with E-state index in [0.29, 0.717) is 5.65 Å². The summed E-state index contributed by atoms with van der Waals surface area (Å²) in [6.07, 6.45) is 3.70. The molecule has 98 valence electrons. The number of aromatic amines is 1. The number of unbranched alkanes of at least 4 members (excludes halogenated alkanes) is 1. The Morgan fingerprint density at radius 3 is 3.06 bits per heavy atom. The predicted molar refractivity (Wildman–Crippen MR) is 69.9 cm³/mol. The van der Waals surface area contributed by atoms with Crippen LogP contribution in [0.15, 0.2) is 17.2 Å². The molecule has 2 aromatic rings. The molecular weight excluding hydrogens is 232 g/mol. The monoisotopic (exact) mass is 250 g/mol. The number of aromatic nitrogens is 4. The summed E-state index contributed by atoms with van der Waals surface area (Å²) >= 11 is 0. The molecule has 2 N–H and O–H groups in total. The quantitative estimate of drug-likeness (QED) is 0.715. The van der Waals surface area contributed by atoms with Gasteiger partial charge in [-0.25, -0.2) is 19.3 Å². The molecule has 0 atom stereocenters. The van der Waals surface area contributed by atoms with Crippen LogP contribution in [-0.4, -0.2) is 51.7 Å². The molecule has 2 heterocycles. The van der Waals surface area contributed by atoms with Gasteiger partial charge in [0, 0.05) is 12.6 Å². The van der Waals surface area contributed by atoms with Crippen molar-refractivity contribution in [2.45, 2.75) is 12.8 Å². The maximum Gasteiger partial charge on any atom is 0.348 e. The van der Waals surface area contributed by atoms with E-state index in [4.69, 9.17) is 0 Å². The Labute approximate surface area is 105 Å². The van der Waals surface area contributed by atoms with E-state index in [2.05, 4.69) is 39.5 Å². The van der Waals surface area contributed by atoms with Gasteiger partial charge < -0.3 is 10.2 Å². The lowest BCUT2D eigenvalue weighted by Crippen LogP contribution is -2.14. The predicted octanol–water partition coefficient (Wildman–Crippen LogP) is 0.171. The Hall–Kier alpha value is -1.89. The summed E-state index contributed by atoms with van der Waals surface area (Å²) in [6.45, 7) is 1.95. The Morgan fingerprint density at radius 1 is 1.44 bits per heavy atom. The van der Waals surface area contributed by atoms with Crippen LogP contribution in [-0.2, 0) is 0 Å². The molecule has 7 heteroatoms. The fourth-order valence-corrected chi connectivity index (χ4v) is 1.68. The fourth-order valence-electron chi connectivity index (χ4n) is 1.68. The lowest BCUT2D eigenvalue weighted by Gasteiger charge is -2.09. The second kappa shape index (κ2) is 5.63. The number of rotatable bonds is 6. The van der Waals surface area contributed by atoms with Gasteiger partial charge in [-0.3, -0.25) is 0 Å². The van der Waals surface area contributed by atoms with E-state index in [9.17, 15) is 4.79 Å². The van der Waals surface area contributed by atoms with Crippen molar-refractivity contribution in [2.24, 2.45) is 0 Å². The van der Waals surface area contributed by atoms with Gasteiger partial charge in [0.05, 0.1) is 0 Å². The molecule has 2 aromatic heterocycles. The number of hydrogen-bond donors (Lipinski definition) is 2. The molecule has 0 saturated heterocycles. The van der Waals surface area contributed by atoms with Gasteiger partial charge in [0.1, 0.15) is 12.1 Å². The second-order valence-corrected chi connectivity index (χ2v) is 4.47. The normalized spacial score (nSPS) is 11.3. The minimum absolute atomic E-state index is 0.268. The first-order valence-electron chi connectivity index (χ1n) is 5.98. The zero-order valence-electron chi connectivity index (χ0n) is 10.7. The first-order valence-corrected chi connectivity index (χ1v) is 5.98. The molecule has 0 spiro atoms. The lowest BCUT2D eigenvalue weighted by molar-refractivity contribution is 0.396. The van der Waals surface area contributed by atoms with Crippen molar-refractivity contribution < 1.29 is 0 Å². The van der Waals surface area contributed by atoms with Gasteiger partial charge in [-0.1, -0.05) is 0 Å². The SMILES string of the molecule is CN(C)CCCCNc1cc2n[nH]c(=O)n2cn1. The van der Waals surface area contributed by atoms with Crippen molar-refractivity contribution in [1.82, 2.24) is 24.5 Å². The fraction of sp³-hybridized carbons (Fsp3) is 0.545. The number of H-pyrrole nitrogens is 1. The van der Waals surface area contributed by atoms with E-state index in [1.807, 2.05) is 0 Å². The van der Waals surface area contributed by atoms with Crippen molar-refractivity contribution in [2.75, 3.05) is 32.5 Å². The summed E-state index contributed by atoms with van der Waals surface area (Å²) in [5, 5.41) is 9.48. The molecule has 0 saturated carbocycles. The minimum atomic E-state index is -0.268. The van der Waals surface area contributed by atoms with Gasteiger partial charge in [0.15, 0.2) is 5.65 Å². The minimum Gasteiger partial charge on any atom is -0.370 e. The Morgan fingerprint density at radius 2 is 2.28 bits per heavy atom. The molecule has 0 aliphatic carbocycles. The molecule has 0 aliphatic rings. The van der Waals surface area contributed by atoms with Crippen LogP contribution >= 0.6 is 0 Å². The molecule has 0 aliphatic heterocycles. The van der Waals surface area contributed by atoms with Gasteiger partial charge in [-0.2, -0.15) is 5.10 Å². The average Bonchev–Trinajstić information content (AvgIpc) is 2.70. The third kappa shape index (κ3) is 3.07. The highest BCUT2D eigenvalue weighted by Crippen LogP contribution is 2.04. The summed E-state index contributed by atoms with van der Waals surface area (Å²) in [6, 6.07) is 1.75. The van der Waals surface area contributed by atoms with E-state index in [-0.39, 0.29) is 5.69 Å². The van der Waals surface area contributed by atoms with Crippen LogP contribution in [0.2, 0.25) is 0 Å². The van der Waals surface area contributed by atoms with Crippen LogP contribution in [0, 0.1) is 0 Å². The van der Waals surface area contributed by atoms with Crippen LogP contribution in [0.1, 0.15) is 12.8 Å². The summed E-state index contributed by atoms with van der Waals surface area (Å²) in [4.78, 5) is 17.6. The summed E-state index contributed by atoms with van der Waals surface area (Å²) < 4.78 is 1.37. The molecular formula is C11H18N6O. The summed E-state index contributed by atoms with van der Waals surface area (Å²) in [7, 11) is 4.14. The summed E-state index contributed by atoms with van der Waals surface area (Å²) in [5.41, 5.74) is 0.306. The van der Waals surface area contributed by atoms with Crippen LogP contribution in [0.25, 0.3) is 5.65 Å². The maximum atomic E-state index is 11.2. The van der Waals surface area contributed by atoms with Gasteiger partial charge in [0.25, 0.3) is 0 Å². The van der Waals surface area contributed by atoms with E-state index in [1.165, 1.54) is 10.7 Å². The summed E-state index contributed by atoms with van der Waals surface area (Å²) in [5.74, 6) is 0.742. The van der Waals surface area contributed by atoms with Crippen molar-refractivity contribution in [3.8, 4) is 0 Å². The van der Waals surface area contributed by atoms with E-state index in [1.54, 1.807) is 6.07 Å². The maximum absolute atomic E-state index is 11.2. The third-order valence-corrected chi connectivity index (χ3v) is 2.65. The molecule has 0 unspecified atom stereocenters. The molecule has 0 aromatic carbocycles. The first-order chi connectivity index (χ1) is 8.66. The van der Waals surface area contributed by atoms with E-state index < -0.39 is 0 Å². The number of nitrogens with one attached hydrogen (secondary N) is 2. The Bertz CT molecular complexity index is 558. The van der Waals surface area contributed by atoms with Crippen molar-refractivity contribution in [1.29, 1.82) is 0 Å². The Kier molecular flexibility index (Phi) is 3.93. The van der Waals surface area contributed by atoms with Crippen LogP contribution < -0.4 is 11.0 Å². The van der Waals surface area contributed by atoms with Crippen molar-refractivity contribution >= 4 is 11.5 Å². The Balaban J connectivity index is 1.86. The third-order valence-electron chi connectivity index (χ3n) is 2.65. The topological polar surface area (TPSA) is 78.3 Å². The standard InChI is InChI=1S/C11H18N6O/c1-16(2)6-4-3-5-12-9-7-10-14-15-11(18)17(10)8-13-9/h7-8,12H,3-6H2,1-2H3,(H,15,18). The molecule has 0 bridgehead atoms. The number of hydrogen-bond acceptors (Lipinski definition) is 5. The molecule has 7 nitrogen and oxygen atoms in total. The van der Waals surface area contributed by atoms with E-state index in [0.717, 1.165) is 31.7 Å². The smallest absolute Gasteiger partial charge is 0.348 e. The highest BCUT2D eigenvalue weighted by atomic mass is 16.1. The van der Waals surface area contributed by atoms with Gasteiger partial charge in [-0.15, -0.1) is 0 Å². The highest BCUT2D eigenvalue weighted by Gasteiger charge is 2.01. The van der Waals surface area contributed by atoms with Crippen molar-refractivity contribution in [3.63, 3.8) is 0 Å². The van der Waals surface area contributed by atoms with Gasteiger partial charge >= 0.3 is 5.69 Å². The van der Waals surface area contributed by atoms with Crippen LogP contribution in [0.4, 0.5) is 5.82 Å². The number of nitrogens with zero attached hydrogens (tertiary/aromatic N) is 4. The van der Waals surface area contributed by atoms with Crippen LogP contribution in [0.5, 0.6) is 0 Å².